The van der Waals surface area contributed by atoms with Crippen LogP contribution in [0.15, 0.2) is 114 Å². The van der Waals surface area contributed by atoms with E-state index in [1.54, 1.807) is 66.7 Å². The Balaban J connectivity index is 1.56. The highest BCUT2D eigenvalue weighted by atomic mass is 32.2. The monoisotopic (exact) mass is 527 g/mol. The molecule has 2 N–H and O–H groups in total. The predicted octanol–water partition coefficient (Wildman–Crippen LogP) is 5.32. The molecule has 38 heavy (non-hydrogen) atoms. The highest BCUT2D eigenvalue weighted by Crippen LogP contribution is 2.24. The van der Waals surface area contributed by atoms with E-state index in [1.807, 2.05) is 44.2 Å². The molecule has 8 heteroatoms. The van der Waals surface area contributed by atoms with Crippen molar-refractivity contribution in [3.05, 3.63) is 126 Å². The number of carbonyl (C=O) groups excluding carboxylic acids is 2. The van der Waals surface area contributed by atoms with Gasteiger partial charge in [0.1, 0.15) is 6.54 Å². The third-order valence-corrected chi connectivity index (χ3v) is 7.82. The molecule has 0 aliphatic carbocycles. The largest absolute Gasteiger partial charge is 0.345 e. The van der Waals surface area contributed by atoms with Crippen molar-refractivity contribution in [3.63, 3.8) is 0 Å². The number of aryl methyl sites for hydroxylation is 1. The Bertz CT molecular complexity index is 1510. The summed E-state index contributed by atoms with van der Waals surface area (Å²) in [7, 11) is -4.04. The number of nitrogens with zero attached hydrogens (tertiary/aromatic N) is 1. The highest BCUT2D eigenvalue weighted by molar-refractivity contribution is 7.92. The first-order valence-corrected chi connectivity index (χ1v) is 13.6. The lowest BCUT2D eigenvalue weighted by Crippen LogP contribution is -2.38. The molecule has 2 amide bonds. The number of amides is 2. The summed E-state index contributed by atoms with van der Waals surface area (Å²) in [5, 5.41) is 5.68. The lowest BCUT2D eigenvalue weighted by Gasteiger charge is -2.24. The fourth-order valence-corrected chi connectivity index (χ4v) is 5.38. The summed E-state index contributed by atoms with van der Waals surface area (Å²) >= 11 is 0. The van der Waals surface area contributed by atoms with Crippen LogP contribution in [-0.2, 0) is 14.8 Å². The number of para-hydroxylation sites is 2. The van der Waals surface area contributed by atoms with Crippen LogP contribution < -0.4 is 14.9 Å². The van der Waals surface area contributed by atoms with Gasteiger partial charge in [0.15, 0.2) is 0 Å². The average molecular weight is 528 g/mol. The number of carbonyl (C=O) groups is 2. The fraction of sp³-hybridized carbons (Fsp3) is 0.133. The number of benzene rings is 4. The fourth-order valence-electron chi connectivity index (χ4n) is 3.96. The van der Waals surface area contributed by atoms with E-state index in [4.69, 9.17) is 0 Å². The van der Waals surface area contributed by atoms with Gasteiger partial charge in [0, 0.05) is 0 Å². The van der Waals surface area contributed by atoms with Gasteiger partial charge in [-0.15, -0.1) is 0 Å². The minimum Gasteiger partial charge on any atom is -0.345 e. The molecule has 0 saturated heterocycles. The Hall–Kier alpha value is -4.43. The van der Waals surface area contributed by atoms with Crippen LogP contribution in [0, 0.1) is 6.92 Å². The van der Waals surface area contributed by atoms with Crippen LogP contribution in [0.1, 0.15) is 34.5 Å². The van der Waals surface area contributed by atoms with Crippen LogP contribution in [0.3, 0.4) is 0 Å². The van der Waals surface area contributed by atoms with Gasteiger partial charge in [-0.3, -0.25) is 13.9 Å². The summed E-state index contributed by atoms with van der Waals surface area (Å²) in [6, 6.07) is 30.8. The van der Waals surface area contributed by atoms with Crippen molar-refractivity contribution in [2.24, 2.45) is 0 Å². The molecule has 0 bridgehead atoms. The van der Waals surface area contributed by atoms with Crippen molar-refractivity contribution in [3.8, 4) is 0 Å². The normalized spacial score (nSPS) is 11.8. The minimum atomic E-state index is -4.04. The molecule has 7 nitrogen and oxygen atoms in total. The Labute approximate surface area is 223 Å². The first-order chi connectivity index (χ1) is 18.3. The van der Waals surface area contributed by atoms with Crippen molar-refractivity contribution >= 4 is 33.2 Å². The van der Waals surface area contributed by atoms with Crippen LogP contribution in [0.25, 0.3) is 0 Å². The third-order valence-electron chi connectivity index (χ3n) is 6.03. The molecule has 0 radical (unpaired) electrons. The molecule has 0 fully saturated rings. The van der Waals surface area contributed by atoms with Crippen LogP contribution in [0.4, 0.5) is 11.4 Å². The second-order valence-electron chi connectivity index (χ2n) is 8.86. The van der Waals surface area contributed by atoms with Gasteiger partial charge in [-0.2, -0.15) is 0 Å². The van der Waals surface area contributed by atoms with Gasteiger partial charge in [-0.25, -0.2) is 8.42 Å². The number of nitrogens with one attached hydrogen (secondary N) is 2. The lowest BCUT2D eigenvalue weighted by atomic mass is 10.1. The van der Waals surface area contributed by atoms with Crippen molar-refractivity contribution in [1.29, 1.82) is 0 Å². The molecular weight excluding hydrogens is 498 g/mol. The lowest BCUT2D eigenvalue weighted by molar-refractivity contribution is -0.114. The highest BCUT2D eigenvalue weighted by Gasteiger charge is 2.27. The summed E-state index contributed by atoms with van der Waals surface area (Å²) in [4.78, 5) is 26.4. The Morgan fingerprint density at radius 1 is 0.789 bits per heavy atom. The summed E-state index contributed by atoms with van der Waals surface area (Å²) in [5.74, 6) is -0.939. The summed E-state index contributed by atoms with van der Waals surface area (Å²) in [6.07, 6.45) is 0. The van der Waals surface area contributed by atoms with E-state index in [-0.39, 0.29) is 28.1 Å². The van der Waals surface area contributed by atoms with Crippen LogP contribution in [-0.4, -0.2) is 26.8 Å². The molecule has 0 heterocycles. The molecule has 0 unspecified atom stereocenters. The quantitative estimate of drug-likeness (QED) is 0.308. The molecule has 0 aliphatic rings. The van der Waals surface area contributed by atoms with Crippen molar-refractivity contribution in [1.82, 2.24) is 5.32 Å². The maximum Gasteiger partial charge on any atom is 0.264 e. The number of sulfonamides is 1. The number of rotatable bonds is 9. The zero-order chi connectivity index (χ0) is 27.1. The van der Waals surface area contributed by atoms with E-state index in [2.05, 4.69) is 10.6 Å². The molecule has 0 aromatic heterocycles. The van der Waals surface area contributed by atoms with E-state index in [0.29, 0.717) is 5.69 Å². The molecule has 4 aromatic carbocycles. The van der Waals surface area contributed by atoms with E-state index in [0.717, 1.165) is 15.4 Å². The minimum absolute atomic E-state index is 0.0782. The number of hydrogen-bond acceptors (Lipinski definition) is 4. The summed E-state index contributed by atoms with van der Waals surface area (Å²) in [6.45, 7) is 3.27. The first-order valence-electron chi connectivity index (χ1n) is 12.1. The molecule has 0 saturated carbocycles. The second kappa shape index (κ2) is 11.7. The van der Waals surface area contributed by atoms with E-state index >= 15 is 0 Å². The standard InChI is InChI=1S/C30H29N3O4S/c1-22-17-19-26(20-18-22)38(36,37)33(25-13-7-4-8-14-25)21-29(34)32-28-16-10-9-15-27(28)30(35)31-23(2)24-11-5-3-6-12-24/h3-20,23H,21H2,1-2H3,(H,31,35)(H,32,34)/t23-/m0/s1. The molecule has 194 valence electrons. The molecule has 0 aliphatic heterocycles. The van der Waals surface area contributed by atoms with Crippen LogP contribution in [0.5, 0.6) is 0 Å². The van der Waals surface area contributed by atoms with E-state index in [1.165, 1.54) is 12.1 Å². The Morgan fingerprint density at radius 2 is 1.37 bits per heavy atom. The third kappa shape index (κ3) is 6.27. The zero-order valence-corrected chi connectivity index (χ0v) is 22.0. The van der Waals surface area contributed by atoms with Crippen molar-refractivity contribution in [2.75, 3.05) is 16.2 Å². The number of anilines is 2. The van der Waals surface area contributed by atoms with E-state index < -0.39 is 22.5 Å². The van der Waals surface area contributed by atoms with Gasteiger partial charge < -0.3 is 10.6 Å². The van der Waals surface area contributed by atoms with Crippen LogP contribution >= 0.6 is 0 Å². The van der Waals surface area contributed by atoms with Crippen molar-refractivity contribution < 1.29 is 18.0 Å². The topological polar surface area (TPSA) is 95.6 Å². The Morgan fingerprint density at radius 3 is 2.03 bits per heavy atom. The molecule has 4 rings (SSSR count). The summed E-state index contributed by atoms with van der Waals surface area (Å²) in [5.41, 5.74) is 2.78. The molecular formula is C30H29N3O4S. The van der Waals surface area contributed by atoms with Crippen molar-refractivity contribution in [2.45, 2.75) is 24.8 Å². The SMILES string of the molecule is Cc1ccc(S(=O)(=O)N(CC(=O)Nc2ccccc2C(=O)N[C@@H](C)c2ccccc2)c2ccccc2)cc1. The first kappa shape index (κ1) is 26.6. The maximum absolute atomic E-state index is 13.5. The van der Waals surface area contributed by atoms with Gasteiger partial charge in [-0.05, 0) is 55.8 Å². The predicted molar refractivity (Wildman–Crippen MR) is 150 cm³/mol. The van der Waals surface area contributed by atoms with Gasteiger partial charge in [0.25, 0.3) is 15.9 Å². The van der Waals surface area contributed by atoms with E-state index in [9.17, 15) is 18.0 Å². The Kier molecular flexibility index (Phi) is 8.23. The smallest absolute Gasteiger partial charge is 0.264 e. The van der Waals surface area contributed by atoms with Gasteiger partial charge in [-0.1, -0.05) is 78.4 Å². The zero-order valence-electron chi connectivity index (χ0n) is 21.2. The average Bonchev–Trinajstić information content (AvgIpc) is 2.93. The van der Waals surface area contributed by atoms with Gasteiger partial charge in [0.05, 0.1) is 27.9 Å². The maximum atomic E-state index is 13.5. The van der Waals surface area contributed by atoms with Gasteiger partial charge in [0.2, 0.25) is 5.91 Å². The molecule has 1 atom stereocenters. The molecule has 0 spiro atoms. The molecule has 4 aromatic rings. The van der Waals surface area contributed by atoms with Gasteiger partial charge >= 0.3 is 0 Å². The number of hydrogen-bond donors (Lipinski definition) is 2. The summed E-state index contributed by atoms with van der Waals surface area (Å²) < 4.78 is 28.2. The van der Waals surface area contributed by atoms with Crippen LogP contribution in [0.2, 0.25) is 0 Å². The second-order valence-corrected chi connectivity index (χ2v) is 10.7.